The van der Waals surface area contributed by atoms with E-state index in [1.807, 2.05) is 0 Å². The molecule has 0 spiro atoms. The molecule has 0 radical (unpaired) electrons. The van der Waals surface area contributed by atoms with Crippen LogP contribution in [0.25, 0.3) is 0 Å². The van der Waals surface area contributed by atoms with Gasteiger partial charge in [-0.2, -0.15) is 17.0 Å². The Bertz CT molecular complexity index is 690. The summed E-state index contributed by atoms with van der Waals surface area (Å²) in [6.07, 6.45) is 2.59. The van der Waals surface area contributed by atoms with E-state index in [0.717, 1.165) is 18.6 Å². The summed E-state index contributed by atoms with van der Waals surface area (Å²) >= 11 is 1.61. The number of nitrogens with zero attached hydrogens (tertiary/aromatic N) is 2. The van der Waals surface area contributed by atoms with Crippen molar-refractivity contribution < 1.29 is 9.72 Å². The second kappa shape index (κ2) is 6.08. The van der Waals surface area contributed by atoms with Gasteiger partial charge in [0.2, 0.25) is 0 Å². The number of carbonyl (C=O) groups is 1. The fraction of sp³-hybridized carbons (Fsp3) is 0.467. The number of rotatable bonds is 5. The van der Waals surface area contributed by atoms with Crippen LogP contribution in [0.5, 0.6) is 0 Å². The third kappa shape index (κ3) is 3.40. The lowest BCUT2D eigenvalue weighted by Gasteiger charge is -2.21. The van der Waals surface area contributed by atoms with Gasteiger partial charge in [0.1, 0.15) is 11.2 Å². The Kier molecular flexibility index (Phi) is 4.13. The number of thioether (sulfide) groups is 1. The van der Waals surface area contributed by atoms with Crippen LogP contribution in [0.3, 0.4) is 0 Å². The van der Waals surface area contributed by atoms with Crippen molar-refractivity contribution in [3.8, 4) is 6.07 Å². The second-order valence-electron chi connectivity index (χ2n) is 5.86. The molecule has 1 heterocycles. The van der Waals surface area contributed by atoms with Gasteiger partial charge in [0.05, 0.1) is 11.0 Å². The van der Waals surface area contributed by atoms with Crippen LogP contribution >= 0.6 is 11.8 Å². The lowest BCUT2D eigenvalue weighted by molar-refractivity contribution is -0.384. The van der Waals surface area contributed by atoms with Crippen LogP contribution in [0.4, 0.5) is 11.4 Å². The molecule has 0 aromatic heterocycles. The average Bonchev–Trinajstić information content (AvgIpc) is 3.23. The van der Waals surface area contributed by atoms with Gasteiger partial charge in [0.15, 0.2) is 0 Å². The summed E-state index contributed by atoms with van der Waals surface area (Å²) < 4.78 is 0. The van der Waals surface area contributed by atoms with Gasteiger partial charge >= 0.3 is 0 Å². The Morgan fingerprint density at radius 2 is 2.26 bits per heavy atom. The highest BCUT2D eigenvalue weighted by molar-refractivity contribution is 7.99. The Hall–Kier alpha value is -2.27. The van der Waals surface area contributed by atoms with E-state index in [-0.39, 0.29) is 17.3 Å². The first-order valence-corrected chi connectivity index (χ1v) is 8.55. The first-order chi connectivity index (χ1) is 11.0. The van der Waals surface area contributed by atoms with Gasteiger partial charge in [0, 0.05) is 23.4 Å². The first-order valence-electron chi connectivity index (χ1n) is 7.39. The second-order valence-corrected chi connectivity index (χ2v) is 6.96. The zero-order valence-corrected chi connectivity index (χ0v) is 13.2. The Balaban J connectivity index is 1.81. The molecule has 1 saturated carbocycles. The van der Waals surface area contributed by atoms with E-state index in [9.17, 15) is 20.2 Å². The maximum atomic E-state index is 12.4. The molecule has 1 unspecified atom stereocenters. The molecule has 2 aliphatic rings. The molecule has 1 saturated heterocycles. The number of nitriles is 1. The number of nitro benzene ring substituents is 1. The van der Waals surface area contributed by atoms with Crippen molar-refractivity contribution in [3.63, 3.8) is 0 Å². The number of hydrogen-bond donors (Lipinski definition) is 2. The maximum absolute atomic E-state index is 12.4. The highest BCUT2D eigenvalue weighted by Crippen LogP contribution is 2.32. The van der Waals surface area contributed by atoms with Crippen LogP contribution in [0.15, 0.2) is 18.2 Å². The van der Waals surface area contributed by atoms with E-state index in [2.05, 4.69) is 16.7 Å². The maximum Gasteiger partial charge on any atom is 0.293 e. The van der Waals surface area contributed by atoms with Crippen LogP contribution in [-0.2, 0) is 0 Å². The molecule has 23 heavy (non-hydrogen) atoms. The molecule has 0 bridgehead atoms. The van der Waals surface area contributed by atoms with Gasteiger partial charge < -0.3 is 10.6 Å². The lowest BCUT2D eigenvalue weighted by atomic mass is 10.0. The largest absolute Gasteiger partial charge is 0.377 e. The molecule has 1 aliphatic heterocycles. The van der Waals surface area contributed by atoms with E-state index >= 15 is 0 Å². The van der Waals surface area contributed by atoms with Crippen LogP contribution < -0.4 is 10.6 Å². The fourth-order valence-corrected chi connectivity index (χ4v) is 3.73. The SMILES string of the molecule is N#CC1(NC(=O)c2ccc(NC3CC3)c([N+](=O)[O-])c2)CCSC1. The number of benzene rings is 1. The molecule has 1 aliphatic carbocycles. The van der Waals surface area contributed by atoms with E-state index in [1.165, 1.54) is 6.07 Å². The van der Waals surface area contributed by atoms with Crippen molar-refractivity contribution >= 4 is 29.0 Å². The van der Waals surface area contributed by atoms with E-state index in [4.69, 9.17) is 0 Å². The van der Waals surface area contributed by atoms with Gasteiger partial charge in [-0.1, -0.05) is 0 Å². The molecule has 2 N–H and O–H groups in total. The molecule has 1 aromatic carbocycles. The molecule has 8 heteroatoms. The van der Waals surface area contributed by atoms with Crippen molar-refractivity contribution in [3.05, 3.63) is 33.9 Å². The zero-order valence-electron chi connectivity index (χ0n) is 12.4. The highest BCUT2D eigenvalue weighted by atomic mass is 32.2. The molecular formula is C15H16N4O3S. The molecule has 1 atom stereocenters. The number of nitrogens with one attached hydrogen (secondary N) is 2. The summed E-state index contributed by atoms with van der Waals surface area (Å²) in [7, 11) is 0. The normalized spacial score (nSPS) is 23.1. The smallest absolute Gasteiger partial charge is 0.293 e. The quantitative estimate of drug-likeness (QED) is 0.632. The van der Waals surface area contributed by atoms with Crippen LogP contribution in [0.2, 0.25) is 0 Å². The topological polar surface area (TPSA) is 108 Å². The summed E-state index contributed by atoms with van der Waals surface area (Å²) in [5.74, 6) is 0.909. The predicted molar refractivity (Wildman–Crippen MR) is 87.5 cm³/mol. The number of amides is 1. The Labute approximate surface area is 137 Å². The van der Waals surface area contributed by atoms with Gasteiger partial charge in [-0.15, -0.1) is 0 Å². The summed E-state index contributed by atoms with van der Waals surface area (Å²) in [5, 5.41) is 26.4. The van der Waals surface area contributed by atoms with Crippen LogP contribution in [-0.4, -0.2) is 33.9 Å². The molecule has 1 amide bonds. The summed E-state index contributed by atoms with van der Waals surface area (Å²) in [6, 6.07) is 6.84. The van der Waals surface area contributed by atoms with Crippen molar-refractivity contribution in [2.45, 2.75) is 30.8 Å². The summed E-state index contributed by atoms with van der Waals surface area (Å²) in [6.45, 7) is 0. The van der Waals surface area contributed by atoms with E-state index < -0.39 is 16.4 Å². The minimum absolute atomic E-state index is 0.114. The van der Waals surface area contributed by atoms with Crippen molar-refractivity contribution in [1.82, 2.24) is 5.32 Å². The molecule has 7 nitrogen and oxygen atoms in total. The number of hydrogen-bond acceptors (Lipinski definition) is 6. The third-order valence-electron chi connectivity index (χ3n) is 3.98. The van der Waals surface area contributed by atoms with Crippen LogP contribution in [0.1, 0.15) is 29.6 Å². The molecular weight excluding hydrogens is 316 g/mol. The summed E-state index contributed by atoms with van der Waals surface area (Å²) in [4.78, 5) is 23.1. The monoisotopic (exact) mass is 332 g/mol. The zero-order chi connectivity index (χ0) is 16.4. The standard InChI is InChI=1S/C15H16N4O3S/c16-8-15(5-6-23-9-15)18-14(20)10-1-4-12(17-11-2-3-11)13(7-10)19(21)22/h1,4,7,11,17H,2-3,5-6,9H2,(H,18,20). The molecule has 1 aromatic rings. The molecule has 3 rings (SSSR count). The lowest BCUT2D eigenvalue weighted by Crippen LogP contribution is -2.47. The van der Waals surface area contributed by atoms with Gasteiger partial charge in [-0.25, -0.2) is 0 Å². The van der Waals surface area contributed by atoms with Gasteiger partial charge in [-0.05, 0) is 37.1 Å². The fourth-order valence-electron chi connectivity index (χ4n) is 2.46. The van der Waals surface area contributed by atoms with Gasteiger partial charge in [0.25, 0.3) is 11.6 Å². The average molecular weight is 332 g/mol. The molecule has 120 valence electrons. The predicted octanol–water partition coefficient (Wildman–Crippen LogP) is 2.30. The van der Waals surface area contributed by atoms with Crippen molar-refractivity contribution in [2.75, 3.05) is 16.8 Å². The third-order valence-corrected chi connectivity index (χ3v) is 5.17. The summed E-state index contributed by atoms with van der Waals surface area (Å²) in [5.41, 5.74) is -0.358. The number of carbonyl (C=O) groups excluding carboxylic acids is 1. The number of nitro groups is 1. The Morgan fingerprint density at radius 3 is 2.83 bits per heavy atom. The highest BCUT2D eigenvalue weighted by Gasteiger charge is 2.36. The van der Waals surface area contributed by atoms with Crippen molar-refractivity contribution in [1.29, 1.82) is 5.26 Å². The number of anilines is 1. The van der Waals surface area contributed by atoms with Crippen LogP contribution in [0, 0.1) is 21.4 Å². The Morgan fingerprint density at radius 1 is 1.48 bits per heavy atom. The minimum atomic E-state index is -0.874. The van der Waals surface area contributed by atoms with E-state index in [1.54, 1.807) is 23.9 Å². The van der Waals surface area contributed by atoms with Gasteiger partial charge in [-0.3, -0.25) is 14.9 Å². The van der Waals surface area contributed by atoms with E-state index in [0.29, 0.717) is 17.9 Å². The molecule has 2 fully saturated rings. The minimum Gasteiger partial charge on any atom is -0.377 e. The van der Waals surface area contributed by atoms with Crippen molar-refractivity contribution in [2.24, 2.45) is 0 Å². The first kappa shape index (κ1) is 15.6.